The van der Waals surface area contributed by atoms with Crippen molar-refractivity contribution in [3.63, 3.8) is 0 Å². The molecule has 0 radical (unpaired) electrons. The van der Waals surface area contributed by atoms with Gasteiger partial charge in [0.1, 0.15) is 0 Å². The van der Waals surface area contributed by atoms with Crippen LogP contribution in [0.15, 0.2) is 0 Å². The van der Waals surface area contributed by atoms with Crippen LogP contribution >= 0.6 is 0 Å². The first-order valence-electron chi connectivity index (χ1n) is 5.40. The summed E-state index contributed by atoms with van der Waals surface area (Å²) in [6.07, 6.45) is 5.51. The number of esters is 1. The molecule has 1 rings (SSSR count). The zero-order valence-electron chi connectivity index (χ0n) is 9.43. The molecule has 1 fully saturated rings. The van der Waals surface area contributed by atoms with Crippen molar-refractivity contribution in [1.29, 1.82) is 0 Å². The quantitative estimate of drug-likeness (QED) is 0.702. The lowest BCUT2D eigenvalue weighted by Gasteiger charge is -2.29. The van der Waals surface area contributed by atoms with Crippen molar-refractivity contribution < 1.29 is 9.53 Å². The third-order valence-corrected chi connectivity index (χ3v) is 3.00. The van der Waals surface area contributed by atoms with Gasteiger partial charge >= 0.3 is 5.97 Å². The summed E-state index contributed by atoms with van der Waals surface area (Å²) >= 11 is 0. The SMILES string of the molecule is COC(=O)CC(C)NC1(C)CCCC1. The summed E-state index contributed by atoms with van der Waals surface area (Å²) in [6.45, 7) is 4.29. The minimum atomic E-state index is -0.133. The van der Waals surface area contributed by atoms with Gasteiger partial charge in [-0.05, 0) is 26.7 Å². The van der Waals surface area contributed by atoms with Crippen LogP contribution in [-0.2, 0) is 9.53 Å². The maximum atomic E-state index is 11.0. The first-order valence-corrected chi connectivity index (χ1v) is 5.40. The highest BCUT2D eigenvalue weighted by molar-refractivity contribution is 5.69. The second kappa shape index (κ2) is 4.78. The molecule has 3 nitrogen and oxygen atoms in total. The Morgan fingerprint density at radius 1 is 1.50 bits per heavy atom. The van der Waals surface area contributed by atoms with Gasteiger partial charge in [0.15, 0.2) is 0 Å². The summed E-state index contributed by atoms with van der Waals surface area (Å²) < 4.78 is 4.64. The average molecular weight is 199 g/mol. The zero-order valence-corrected chi connectivity index (χ0v) is 9.43. The van der Waals surface area contributed by atoms with E-state index in [9.17, 15) is 4.79 Å². The standard InChI is InChI=1S/C11H21NO2/c1-9(8-10(13)14-3)12-11(2)6-4-5-7-11/h9,12H,4-8H2,1-3H3. The molecule has 0 aromatic carbocycles. The molecule has 0 amide bonds. The predicted molar refractivity (Wildman–Crippen MR) is 56.1 cm³/mol. The first-order chi connectivity index (χ1) is 6.56. The number of carbonyl (C=O) groups is 1. The Labute approximate surface area is 86.2 Å². The lowest BCUT2D eigenvalue weighted by atomic mass is 9.99. The van der Waals surface area contributed by atoms with Gasteiger partial charge in [0, 0.05) is 11.6 Å². The van der Waals surface area contributed by atoms with Crippen molar-refractivity contribution in [2.24, 2.45) is 0 Å². The van der Waals surface area contributed by atoms with Gasteiger partial charge in [-0.2, -0.15) is 0 Å². The van der Waals surface area contributed by atoms with E-state index >= 15 is 0 Å². The molecule has 1 unspecified atom stereocenters. The van der Waals surface area contributed by atoms with E-state index in [2.05, 4.69) is 17.0 Å². The number of hydrogen-bond acceptors (Lipinski definition) is 3. The zero-order chi connectivity index (χ0) is 10.6. The minimum absolute atomic E-state index is 0.133. The van der Waals surface area contributed by atoms with Crippen molar-refractivity contribution in [2.75, 3.05) is 7.11 Å². The minimum Gasteiger partial charge on any atom is -0.469 e. The fraction of sp³-hybridized carbons (Fsp3) is 0.909. The largest absolute Gasteiger partial charge is 0.469 e. The van der Waals surface area contributed by atoms with E-state index in [4.69, 9.17) is 0 Å². The Hall–Kier alpha value is -0.570. The molecule has 0 heterocycles. The maximum Gasteiger partial charge on any atom is 0.307 e. The molecular formula is C11H21NO2. The van der Waals surface area contributed by atoms with Crippen molar-refractivity contribution in [1.82, 2.24) is 5.32 Å². The molecule has 0 bridgehead atoms. The molecule has 0 aliphatic heterocycles. The second-order valence-electron chi connectivity index (χ2n) is 4.59. The highest BCUT2D eigenvalue weighted by Gasteiger charge is 2.29. The van der Waals surface area contributed by atoms with E-state index in [0.29, 0.717) is 6.42 Å². The summed E-state index contributed by atoms with van der Waals surface area (Å²) in [5.74, 6) is -0.133. The number of hydrogen-bond donors (Lipinski definition) is 1. The van der Waals surface area contributed by atoms with Gasteiger partial charge in [0.05, 0.1) is 13.5 Å². The molecule has 1 N–H and O–H groups in total. The summed E-state index contributed by atoms with van der Waals surface area (Å²) in [5, 5.41) is 3.52. The van der Waals surface area contributed by atoms with Crippen LogP contribution in [0.5, 0.6) is 0 Å². The van der Waals surface area contributed by atoms with E-state index in [-0.39, 0.29) is 17.6 Å². The smallest absolute Gasteiger partial charge is 0.307 e. The molecule has 82 valence electrons. The van der Waals surface area contributed by atoms with Gasteiger partial charge in [0.2, 0.25) is 0 Å². The molecule has 14 heavy (non-hydrogen) atoms. The van der Waals surface area contributed by atoms with Gasteiger partial charge in [-0.1, -0.05) is 12.8 Å². The third kappa shape index (κ3) is 3.29. The van der Waals surface area contributed by atoms with E-state index in [1.807, 2.05) is 6.92 Å². The summed E-state index contributed by atoms with van der Waals surface area (Å²) in [5.41, 5.74) is 0.243. The van der Waals surface area contributed by atoms with E-state index < -0.39 is 0 Å². The third-order valence-electron chi connectivity index (χ3n) is 3.00. The topological polar surface area (TPSA) is 38.3 Å². The molecule has 3 heteroatoms. The highest BCUT2D eigenvalue weighted by Crippen LogP contribution is 2.29. The van der Waals surface area contributed by atoms with Gasteiger partial charge in [-0.3, -0.25) is 4.79 Å². The van der Waals surface area contributed by atoms with Crippen molar-refractivity contribution in [2.45, 2.75) is 57.5 Å². The number of carbonyl (C=O) groups excluding carboxylic acids is 1. The summed E-state index contributed by atoms with van der Waals surface area (Å²) in [7, 11) is 1.44. The fourth-order valence-corrected chi connectivity index (χ4v) is 2.28. The molecule has 0 aromatic heterocycles. The Morgan fingerprint density at radius 3 is 2.57 bits per heavy atom. The lowest BCUT2D eigenvalue weighted by molar-refractivity contribution is -0.141. The van der Waals surface area contributed by atoms with Crippen LogP contribution in [0.4, 0.5) is 0 Å². The Kier molecular flexibility index (Phi) is 3.93. The highest BCUT2D eigenvalue weighted by atomic mass is 16.5. The number of ether oxygens (including phenoxy) is 1. The maximum absolute atomic E-state index is 11.0. The fourth-order valence-electron chi connectivity index (χ4n) is 2.28. The van der Waals surface area contributed by atoms with E-state index in [1.54, 1.807) is 0 Å². The van der Waals surface area contributed by atoms with Crippen LogP contribution in [-0.4, -0.2) is 24.7 Å². The van der Waals surface area contributed by atoms with Crippen LogP contribution in [0, 0.1) is 0 Å². The molecule has 1 saturated carbocycles. The van der Waals surface area contributed by atoms with Gasteiger partial charge < -0.3 is 10.1 Å². The summed E-state index contributed by atoms with van der Waals surface area (Å²) in [6, 6.07) is 0.213. The van der Waals surface area contributed by atoms with Crippen molar-refractivity contribution in [3.05, 3.63) is 0 Å². The first kappa shape index (κ1) is 11.5. The van der Waals surface area contributed by atoms with Gasteiger partial charge in [0.25, 0.3) is 0 Å². The van der Waals surface area contributed by atoms with Crippen molar-refractivity contribution in [3.8, 4) is 0 Å². The molecule has 0 aromatic rings. The Balaban J connectivity index is 2.32. The number of nitrogens with one attached hydrogen (secondary N) is 1. The monoisotopic (exact) mass is 199 g/mol. The number of rotatable bonds is 4. The number of methoxy groups -OCH3 is 1. The van der Waals surface area contributed by atoms with Crippen LogP contribution in [0.25, 0.3) is 0 Å². The lowest BCUT2D eigenvalue weighted by Crippen LogP contribution is -2.45. The Bertz CT molecular complexity index is 197. The molecule has 1 atom stereocenters. The molecule has 1 aliphatic carbocycles. The Morgan fingerprint density at radius 2 is 2.07 bits per heavy atom. The average Bonchev–Trinajstić information content (AvgIpc) is 2.51. The second-order valence-corrected chi connectivity index (χ2v) is 4.59. The van der Waals surface area contributed by atoms with Crippen LogP contribution in [0.3, 0.4) is 0 Å². The molecule has 0 spiro atoms. The van der Waals surface area contributed by atoms with Crippen molar-refractivity contribution >= 4 is 5.97 Å². The van der Waals surface area contributed by atoms with Gasteiger partial charge in [-0.15, -0.1) is 0 Å². The van der Waals surface area contributed by atoms with Crippen LogP contribution < -0.4 is 5.32 Å². The summed E-state index contributed by atoms with van der Waals surface area (Å²) in [4.78, 5) is 11.0. The molecule has 1 aliphatic rings. The molecule has 0 saturated heterocycles. The molecular weight excluding hydrogens is 178 g/mol. The van der Waals surface area contributed by atoms with Crippen LogP contribution in [0.1, 0.15) is 46.0 Å². The van der Waals surface area contributed by atoms with E-state index in [0.717, 1.165) is 0 Å². The normalized spacial score (nSPS) is 21.9. The predicted octanol–water partition coefficient (Wildman–Crippen LogP) is 1.86. The van der Waals surface area contributed by atoms with Crippen LogP contribution in [0.2, 0.25) is 0 Å². The van der Waals surface area contributed by atoms with Gasteiger partial charge in [-0.25, -0.2) is 0 Å². The van der Waals surface area contributed by atoms with E-state index in [1.165, 1.54) is 32.8 Å².